The van der Waals surface area contributed by atoms with Crippen molar-refractivity contribution in [3.05, 3.63) is 65.6 Å². The van der Waals surface area contributed by atoms with Gasteiger partial charge < -0.3 is 15.4 Å². The lowest BCUT2D eigenvalue weighted by molar-refractivity contribution is 0.416. The van der Waals surface area contributed by atoms with E-state index in [0.29, 0.717) is 12.5 Å². The molecule has 0 amide bonds. The van der Waals surface area contributed by atoms with Gasteiger partial charge in [-0.25, -0.2) is 4.98 Å². The van der Waals surface area contributed by atoms with Crippen molar-refractivity contribution in [3.63, 3.8) is 0 Å². The highest BCUT2D eigenvalue weighted by Crippen LogP contribution is 2.27. The molecule has 0 aliphatic heterocycles. The summed E-state index contributed by atoms with van der Waals surface area (Å²) in [6, 6.07) is 11.8. The molecule has 0 spiro atoms. The Morgan fingerprint density at radius 1 is 1.00 bits per heavy atom. The summed E-state index contributed by atoms with van der Waals surface area (Å²) in [5.74, 6) is 2.04. The van der Waals surface area contributed by atoms with Crippen LogP contribution in [0, 0.1) is 13.8 Å². The van der Waals surface area contributed by atoms with Gasteiger partial charge in [0, 0.05) is 30.7 Å². The third-order valence-electron chi connectivity index (χ3n) is 3.68. The lowest BCUT2D eigenvalue weighted by Gasteiger charge is -2.13. The van der Waals surface area contributed by atoms with Gasteiger partial charge in [0.1, 0.15) is 11.6 Å². The first-order chi connectivity index (χ1) is 12.1. The molecule has 0 bridgehead atoms. The van der Waals surface area contributed by atoms with Crippen LogP contribution in [-0.2, 0) is 6.54 Å². The van der Waals surface area contributed by atoms with E-state index in [9.17, 15) is 0 Å². The number of anilines is 3. The summed E-state index contributed by atoms with van der Waals surface area (Å²) in [7, 11) is 1.65. The number of rotatable bonds is 6. The second-order valence-electron chi connectivity index (χ2n) is 5.76. The molecule has 1 aromatic carbocycles. The Kier molecular flexibility index (Phi) is 5.09. The standard InChI is InChI=1S/C19H21N5O/c1-13-4-5-17(25-3)16(10-13)23-19-22-14(2)11-18(24-19)21-12-15-6-8-20-9-7-15/h4-11H,12H2,1-3H3,(H2,21,22,23,24). The maximum atomic E-state index is 5.40. The zero-order valence-electron chi connectivity index (χ0n) is 14.6. The maximum Gasteiger partial charge on any atom is 0.229 e. The number of hydrogen-bond donors (Lipinski definition) is 2. The molecule has 0 aliphatic carbocycles. The molecule has 6 heteroatoms. The average molecular weight is 335 g/mol. The fraction of sp³-hybridized carbons (Fsp3) is 0.211. The van der Waals surface area contributed by atoms with Gasteiger partial charge in [-0.05, 0) is 49.2 Å². The Balaban J connectivity index is 1.79. The summed E-state index contributed by atoms with van der Waals surface area (Å²) in [6.07, 6.45) is 3.55. The molecule has 6 nitrogen and oxygen atoms in total. The minimum atomic E-state index is 0.529. The number of aromatic nitrogens is 3. The van der Waals surface area contributed by atoms with Gasteiger partial charge in [0.25, 0.3) is 0 Å². The van der Waals surface area contributed by atoms with Crippen molar-refractivity contribution < 1.29 is 4.74 Å². The minimum Gasteiger partial charge on any atom is -0.495 e. The lowest BCUT2D eigenvalue weighted by atomic mass is 10.2. The van der Waals surface area contributed by atoms with E-state index in [1.54, 1.807) is 19.5 Å². The Morgan fingerprint density at radius 2 is 1.80 bits per heavy atom. The van der Waals surface area contributed by atoms with Gasteiger partial charge >= 0.3 is 0 Å². The zero-order valence-corrected chi connectivity index (χ0v) is 14.6. The molecule has 0 atom stereocenters. The van der Waals surface area contributed by atoms with Crippen LogP contribution < -0.4 is 15.4 Å². The van der Waals surface area contributed by atoms with Gasteiger partial charge in [-0.3, -0.25) is 4.98 Å². The van der Waals surface area contributed by atoms with Gasteiger partial charge in [0.05, 0.1) is 12.8 Å². The molecule has 0 saturated carbocycles. The fourth-order valence-electron chi connectivity index (χ4n) is 2.45. The second kappa shape index (κ2) is 7.61. The zero-order chi connectivity index (χ0) is 17.6. The largest absolute Gasteiger partial charge is 0.495 e. The fourth-order valence-corrected chi connectivity index (χ4v) is 2.45. The van der Waals surface area contributed by atoms with Crippen LogP contribution in [0.25, 0.3) is 0 Å². The van der Waals surface area contributed by atoms with Gasteiger partial charge in [-0.1, -0.05) is 6.07 Å². The van der Waals surface area contributed by atoms with Crippen LogP contribution in [0.3, 0.4) is 0 Å². The molecule has 0 unspecified atom stereocenters. The minimum absolute atomic E-state index is 0.529. The number of pyridine rings is 1. The average Bonchev–Trinajstić information content (AvgIpc) is 2.61. The van der Waals surface area contributed by atoms with Crippen LogP contribution in [0.1, 0.15) is 16.8 Å². The highest BCUT2D eigenvalue weighted by Gasteiger charge is 2.07. The summed E-state index contributed by atoms with van der Waals surface area (Å²) in [5, 5.41) is 6.56. The molecular formula is C19H21N5O. The van der Waals surface area contributed by atoms with E-state index in [0.717, 1.165) is 34.1 Å². The predicted molar refractivity (Wildman–Crippen MR) is 99.3 cm³/mol. The van der Waals surface area contributed by atoms with Crippen molar-refractivity contribution in [1.82, 2.24) is 15.0 Å². The summed E-state index contributed by atoms with van der Waals surface area (Å²) >= 11 is 0. The Labute approximate surface area is 147 Å². The van der Waals surface area contributed by atoms with Crippen LogP contribution in [0.2, 0.25) is 0 Å². The molecule has 0 radical (unpaired) electrons. The second-order valence-corrected chi connectivity index (χ2v) is 5.76. The van der Waals surface area contributed by atoms with Crippen molar-refractivity contribution in [2.24, 2.45) is 0 Å². The van der Waals surface area contributed by atoms with Crippen molar-refractivity contribution in [3.8, 4) is 5.75 Å². The SMILES string of the molecule is COc1ccc(C)cc1Nc1nc(C)cc(NCc2ccncc2)n1. The first-order valence-electron chi connectivity index (χ1n) is 8.04. The van der Waals surface area contributed by atoms with Crippen LogP contribution in [-0.4, -0.2) is 22.1 Å². The summed E-state index contributed by atoms with van der Waals surface area (Å²) < 4.78 is 5.40. The molecule has 2 heterocycles. The van der Waals surface area contributed by atoms with Crippen LogP contribution in [0.5, 0.6) is 5.75 Å². The highest BCUT2D eigenvalue weighted by atomic mass is 16.5. The molecule has 0 aliphatic rings. The van der Waals surface area contributed by atoms with Gasteiger partial charge in [0.2, 0.25) is 5.95 Å². The molecule has 128 valence electrons. The Hall–Kier alpha value is -3.15. The van der Waals surface area contributed by atoms with E-state index in [4.69, 9.17) is 4.74 Å². The lowest BCUT2D eigenvalue weighted by Crippen LogP contribution is -2.06. The van der Waals surface area contributed by atoms with Crippen LogP contribution in [0.4, 0.5) is 17.5 Å². The first-order valence-corrected chi connectivity index (χ1v) is 8.04. The Bertz CT molecular complexity index is 852. The van der Waals surface area contributed by atoms with E-state index in [-0.39, 0.29) is 0 Å². The quantitative estimate of drug-likeness (QED) is 0.713. The first kappa shape index (κ1) is 16.7. The number of methoxy groups -OCH3 is 1. The predicted octanol–water partition coefficient (Wildman–Crippen LogP) is 3.85. The molecule has 2 N–H and O–H groups in total. The van der Waals surface area contributed by atoms with E-state index < -0.39 is 0 Å². The molecule has 3 aromatic rings. The number of ether oxygens (including phenoxy) is 1. The highest BCUT2D eigenvalue weighted by molar-refractivity contribution is 5.64. The van der Waals surface area contributed by atoms with Crippen LogP contribution >= 0.6 is 0 Å². The maximum absolute atomic E-state index is 5.40. The van der Waals surface area contributed by atoms with Gasteiger partial charge in [-0.15, -0.1) is 0 Å². The smallest absolute Gasteiger partial charge is 0.229 e. The number of aryl methyl sites for hydroxylation is 2. The number of hydrogen-bond acceptors (Lipinski definition) is 6. The molecule has 0 fully saturated rings. The van der Waals surface area contributed by atoms with E-state index in [2.05, 4.69) is 25.6 Å². The molecule has 25 heavy (non-hydrogen) atoms. The van der Waals surface area contributed by atoms with Crippen molar-refractivity contribution >= 4 is 17.5 Å². The van der Waals surface area contributed by atoms with E-state index in [1.807, 2.05) is 50.2 Å². The van der Waals surface area contributed by atoms with Gasteiger partial charge in [-0.2, -0.15) is 4.98 Å². The van der Waals surface area contributed by atoms with Crippen molar-refractivity contribution in [1.29, 1.82) is 0 Å². The number of nitrogens with zero attached hydrogens (tertiary/aromatic N) is 3. The van der Waals surface area contributed by atoms with Crippen molar-refractivity contribution in [2.45, 2.75) is 20.4 Å². The topological polar surface area (TPSA) is 72.0 Å². The molecular weight excluding hydrogens is 314 g/mol. The molecule has 3 rings (SSSR count). The normalized spacial score (nSPS) is 10.4. The van der Waals surface area contributed by atoms with E-state index in [1.165, 1.54) is 0 Å². The van der Waals surface area contributed by atoms with Crippen molar-refractivity contribution in [2.75, 3.05) is 17.7 Å². The van der Waals surface area contributed by atoms with E-state index >= 15 is 0 Å². The Morgan fingerprint density at radius 3 is 2.56 bits per heavy atom. The summed E-state index contributed by atoms with van der Waals surface area (Å²) in [6.45, 7) is 4.65. The number of nitrogens with one attached hydrogen (secondary N) is 2. The summed E-state index contributed by atoms with van der Waals surface area (Å²) in [5.41, 5.74) is 3.99. The third-order valence-corrected chi connectivity index (χ3v) is 3.68. The van der Waals surface area contributed by atoms with Gasteiger partial charge in [0.15, 0.2) is 0 Å². The molecule has 0 saturated heterocycles. The number of benzene rings is 1. The third kappa shape index (κ3) is 4.44. The molecule has 2 aromatic heterocycles. The van der Waals surface area contributed by atoms with Crippen LogP contribution in [0.15, 0.2) is 48.8 Å². The monoisotopic (exact) mass is 335 g/mol. The summed E-state index contributed by atoms with van der Waals surface area (Å²) in [4.78, 5) is 13.0.